The zero-order valence-corrected chi connectivity index (χ0v) is 13.0. The second-order valence-electron chi connectivity index (χ2n) is 6.23. The summed E-state index contributed by atoms with van der Waals surface area (Å²) in [5, 5.41) is 14.6. The zero-order valence-electron chi connectivity index (χ0n) is 13.0. The first-order chi connectivity index (χ1) is 11.2. The van der Waals surface area contributed by atoms with Gasteiger partial charge in [0.05, 0.1) is 11.6 Å². The van der Waals surface area contributed by atoms with Crippen LogP contribution >= 0.6 is 0 Å². The summed E-state index contributed by atoms with van der Waals surface area (Å²) in [5.41, 5.74) is 1.15. The highest BCUT2D eigenvalue weighted by molar-refractivity contribution is 5.89. The maximum atomic E-state index is 12.0. The number of amides is 2. The van der Waals surface area contributed by atoms with Crippen LogP contribution in [0.25, 0.3) is 0 Å². The number of urea groups is 1. The Hall–Kier alpha value is -2.50. The Morgan fingerprint density at radius 1 is 1.48 bits per heavy atom. The summed E-state index contributed by atoms with van der Waals surface area (Å²) in [6.45, 7) is 2.64. The molecule has 5 heteroatoms. The molecule has 4 unspecified atom stereocenters. The van der Waals surface area contributed by atoms with Crippen molar-refractivity contribution in [3.63, 3.8) is 0 Å². The lowest BCUT2D eigenvalue weighted by Gasteiger charge is -2.48. The number of nitrogens with zero attached hydrogens (tertiary/aromatic N) is 2. The van der Waals surface area contributed by atoms with Crippen LogP contribution in [-0.4, -0.2) is 36.6 Å². The molecule has 5 nitrogen and oxygen atoms in total. The van der Waals surface area contributed by atoms with E-state index in [1.165, 1.54) is 6.42 Å². The number of anilines is 1. The zero-order chi connectivity index (χ0) is 16.2. The van der Waals surface area contributed by atoms with Crippen LogP contribution in [0, 0.1) is 35.5 Å². The van der Waals surface area contributed by atoms with Gasteiger partial charge in [-0.2, -0.15) is 5.26 Å². The molecule has 0 saturated carbocycles. The van der Waals surface area contributed by atoms with Crippen molar-refractivity contribution in [2.75, 3.05) is 25.0 Å². The third kappa shape index (κ3) is 3.47. The molecule has 0 aromatic heterocycles. The molecule has 0 radical (unpaired) electrons. The molecule has 1 aromatic carbocycles. The fraction of sp³-hybridized carbons (Fsp3) is 0.444. The monoisotopic (exact) mass is 308 g/mol. The molecule has 1 aromatic rings. The van der Waals surface area contributed by atoms with Crippen molar-refractivity contribution in [3.05, 3.63) is 29.8 Å². The molecular formula is C18H20N4O. The molecule has 3 saturated heterocycles. The number of rotatable bonds is 3. The first-order valence-electron chi connectivity index (χ1n) is 7.95. The van der Waals surface area contributed by atoms with Crippen LogP contribution < -0.4 is 10.6 Å². The molecule has 23 heavy (non-hydrogen) atoms. The van der Waals surface area contributed by atoms with E-state index in [0.29, 0.717) is 35.7 Å². The number of hydrogen-bond donors (Lipinski definition) is 2. The van der Waals surface area contributed by atoms with Crippen LogP contribution in [0.1, 0.15) is 18.4 Å². The summed E-state index contributed by atoms with van der Waals surface area (Å²) in [6.07, 6.45) is 7.81. The molecule has 3 aliphatic heterocycles. The predicted molar refractivity (Wildman–Crippen MR) is 88.6 cm³/mol. The van der Waals surface area contributed by atoms with Crippen LogP contribution in [0.3, 0.4) is 0 Å². The van der Waals surface area contributed by atoms with Crippen LogP contribution in [0.2, 0.25) is 0 Å². The first-order valence-corrected chi connectivity index (χ1v) is 7.95. The van der Waals surface area contributed by atoms with E-state index >= 15 is 0 Å². The van der Waals surface area contributed by atoms with Gasteiger partial charge in [-0.15, -0.1) is 12.3 Å². The predicted octanol–water partition coefficient (Wildman–Crippen LogP) is 2.02. The molecule has 4 rings (SSSR count). The molecule has 3 heterocycles. The third-order valence-electron chi connectivity index (χ3n) is 4.84. The third-order valence-corrected chi connectivity index (χ3v) is 4.84. The SMILES string of the molecule is C#CC1CN2CCC1CC2CNC(=O)Nc1cccc(C#N)c1. The molecule has 2 bridgehead atoms. The molecule has 0 aliphatic carbocycles. The lowest BCUT2D eigenvalue weighted by molar-refractivity contribution is 0.0242. The van der Waals surface area contributed by atoms with E-state index in [-0.39, 0.29) is 6.03 Å². The summed E-state index contributed by atoms with van der Waals surface area (Å²) in [6, 6.07) is 9.07. The Kier molecular flexibility index (Phi) is 4.50. The van der Waals surface area contributed by atoms with Gasteiger partial charge in [-0.25, -0.2) is 4.79 Å². The summed E-state index contributed by atoms with van der Waals surface area (Å²) < 4.78 is 0. The number of nitrogens with one attached hydrogen (secondary N) is 2. The molecule has 118 valence electrons. The minimum absolute atomic E-state index is 0.240. The molecule has 3 fully saturated rings. The van der Waals surface area contributed by atoms with Crippen molar-refractivity contribution in [2.45, 2.75) is 18.9 Å². The summed E-state index contributed by atoms with van der Waals surface area (Å²) in [5.74, 6) is 3.85. The van der Waals surface area contributed by atoms with Crippen molar-refractivity contribution in [2.24, 2.45) is 11.8 Å². The van der Waals surface area contributed by atoms with E-state index in [1.807, 2.05) is 0 Å². The molecule has 0 spiro atoms. The van der Waals surface area contributed by atoms with Crippen molar-refractivity contribution in [3.8, 4) is 18.4 Å². The number of nitriles is 1. The normalized spacial score (nSPS) is 28.4. The van der Waals surface area contributed by atoms with Crippen LogP contribution in [0.5, 0.6) is 0 Å². The summed E-state index contributed by atoms with van der Waals surface area (Å²) >= 11 is 0. The fourth-order valence-electron chi connectivity index (χ4n) is 3.59. The van der Waals surface area contributed by atoms with Gasteiger partial charge in [0, 0.05) is 30.7 Å². The molecular weight excluding hydrogens is 288 g/mol. The minimum Gasteiger partial charge on any atom is -0.336 e. The van der Waals surface area contributed by atoms with Gasteiger partial charge in [0.25, 0.3) is 0 Å². The van der Waals surface area contributed by atoms with Crippen molar-refractivity contribution >= 4 is 11.7 Å². The maximum Gasteiger partial charge on any atom is 0.319 e. The molecule has 3 aliphatic rings. The quantitative estimate of drug-likeness (QED) is 0.840. The Morgan fingerprint density at radius 3 is 3.04 bits per heavy atom. The Morgan fingerprint density at radius 2 is 2.35 bits per heavy atom. The van der Waals surface area contributed by atoms with Gasteiger partial charge < -0.3 is 10.6 Å². The van der Waals surface area contributed by atoms with Crippen LogP contribution in [-0.2, 0) is 0 Å². The van der Waals surface area contributed by atoms with Gasteiger partial charge in [-0.1, -0.05) is 6.07 Å². The highest BCUT2D eigenvalue weighted by Gasteiger charge is 2.39. The van der Waals surface area contributed by atoms with E-state index in [0.717, 1.165) is 19.5 Å². The molecule has 2 amide bonds. The van der Waals surface area contributed by atoms with Gasteiger partial charge in [-0.3, -0.25) is 4.90 Å². The number of carbonyl (C=O) groups is 1. The summed E-state index contributed by atoms with van der Waals surface area (Å²) in [7, 11) is 0. The Labute approximate surface area is 136 Å². The number of hydrogen-bond acceptors (Lipinski definition) is 3. The fourth-order valence-corrected chi connectivity index (χ4v) is 3.59. The minimum atomic E-state index is -0.240. The second kappa shape index (κ2) is 6.73. The van der Waals surface area contributed by atoms with Gasteiger partial charge in [-0.05, 0) is 43.5 Å². The lowest BCUT2D eigenvalue weighted by Crippen LogP contribution is -2.56. The number of fused-ring (bicyclic) bond motifs is 3. The largest absolute Gasteiger partial charge is 0.336 e. The van der Waals surface area contributed by atoms with Gasteiger partial charge in [0.15, 0.2) is 0 Å². The van der Waals surface area contributed by atoms with E-state index in [2.05, 4.69) is 27.5 Å². The Balaban J connectivity index is 1.50. The molecule has 4 atom stereocenters. The average Bonchev–Trinajstić information content (AvgIpc) is 2.60. The smallest absolute Gasteiger partial charge is 0.319 e. The van der Waals surface area contributed by atoms with Gasteiger partial charge >= 0.3 is 6.03 Å². The van der Waals surface area contributed by atoms with E-state index in [9.17, 15) is 4.79 Å². The van der Waals surface area contributed by atoms with Crippen LogP contribution in [0.15, 0.2) is 24.3 Å². The van der Waals surface area contributed by atoms with Crippen molar-refractivity contribution in [1.82, 2.24) is 10.2 Å². The lowest BCUT2D eigenvalue weighted by atomic mass is 9.76. The van der Waals surface area contributed by atoms with E-state index in [4.69, 9.17) is 11.7 Å². The standard InChI is InChI=1S/C18H20N4O/c1-2-14-12-22-7-6-15(14)9-17(22)11-20-18(23)21-16-5-3-4-13(8-16)10-19/h1,3-5,8,14-15,17H,6-7,9,11-12H2,(H2,20,21,23). The summed E-state index contributed by atoms with van der Waals surface area (Å²) in [4.78, 5) is 14.4. The van der Waals surface area contributed by atoms with E-state index < -0.39 is 0 Å². The number of terminal acetylenes is 1. The average molecular weight is 308 g/mol. The van der Waals surface area contributed by atoms with Gasteiger partial charge in [0.1, 0.15) is 0 Å². The van der Waals surface area contributed by atoms with Gasteiger partial charge in [0.2, 0.25) is 0 Å². The second-order valence-corrected chi connectivity index (χ2v) is 6.23. The highest BCUT2D eigenvalue weighted by atomic mass is 16.2. The van der Waals surface area contributed by atoms with Crippen molar-refractivity contribution < 1.29 is 4.79 Å². The number of benzene rings is 1. The number of carbonyl (C=O) groups excluding carboxylic acids is 1. The topological polar surface area (TPSA) is 68.2 Å². The maximum absolute atomic E-state index is 12.0. The van der Waals surface area contributed by atoms with Crippen LogP contribution in [0.4, 0.5) is 10.5 Å². The highest BCUT2D eigenvalue weighted by Crippen LogP contribution is 2.35. The number of piperidine rings is 3. The van der Waals surface area contributed by atoms with Crippen molar-refractivity contribution in [1.29, 1.82) is 5.26 Å². The Bertz CT molecular complexity index is 672. The van der Waals surface area contributed by atoms with E-state index in [1.54, 1.807) is 24.3 Å². The molecule has 2 N–H and O–H groups in total. The first kappa shape index (κ1) is 15.4.